The molecule has 0 aromatic rings. The molecule has 1 aliphatic rings. The summed E-state index contributed by atoms with van der Waals surface area (Å²) in [4.78, 5) is 0. The first-order valence-corrected chi connectivity index (χ1v) is 4.98. The van der Waals surface area contributed by atoms with Crippen LogP contribution in [0.3, 0.4) is 0 Å². The Balaban J connectivity index is 2.64. The Morgan fingerprint density at radius 3 is 2.55 bits per heavy atom. The molecule has 11 heavy (non-hydrogen) atoms. The van der Waals surface area contributed by atoms with Gasteiger partial charge in [-0.3, -0.25) is 0 Å². The van der Waals surface area contributed by atoms with Crippen LogP contribution in [0.15, 0.2) is 0 Å². The summed E-state index contributed by atoms with van der Waals surface area (Å²) in [6.07, 6.45) is 1.26. The van der Waals surface area contributed by atoms with Gasteiger partial charge < -0.3 is 5.32 Å². The number of hydrogen-bond donors (Lipinski definition) is 2. The fourth-order valence-electron chi connectivity index (χ4n) is 1.67. The van der Waals surface area contributed by atoms with Crippen molar-refractivity contribution >= 4 is 12.6 Å². The molecular formula is C9H19NS. The van der Waals surface area contributed by atoms with Crippen molar-refractivity contribution in [3.8, 4) is 0 Å². The van der Waals surface area contributed by atoms with Crippen LogP contribution < -0.4 is 5.32 Å². The van der Waals surface area contributed by atoms with E-state index in [2.05, 4.69) is 38.7 Å². The number of nitrogens with one attached hydrogen (secondary N) is 1. The quantitative estimate of drug-likeness (QED) is 0.578. The van der Waals surface area contributed by atoms with E-state index in [4.69, 9.17) is 0 Å². The van der Waals surface area contributed by atoms with Crippen molar-refractivity contribution in [2.45, 2.75) is 32.4 Å². The average Bonchev–Trinajstić information content (AvgIpc) is 1.95. The fourth-order valence-corrected chi connectivity index (χ4v) is 2.23. The highest BCUT2D eigenvalue weighted by Crippen LogP contribution is 2.38. The zero-order valence-electron chi connectivity index (χ0n) is 7.72. The normalized spacial score (nSPS) is 39.5. The van der Waals surface area contributed by atoms with Crippen molar-refractivity contribution in [3.63, 3.8) is 0 Å². The molecule has 2 heteroatoms. The van der Waals surface area contributed by atoms with Crippen molar-refractivity contribution in [2.24, 2.45) is 11.3 Å². The van der Waals surface area contributed by atoms with Gasteiger partial charge in [-0.1, -0.05) is 20.8 Å². The zero-order chi connectivity index (χ0) is 8.48. The second kappa shape index (κ2) is 3.36. The van der Waals surface area contributed by atoms with Crippen molar-refractivity contribution < 1.29 is 0 Å². The standard InChI is InChI=1S/C9H19NS/c1-7(2)9(3)4-5-10-6-8(9)11/h7-8,10-11H,4-6H2,1-3H3/t8?,9-/m0/s1. The van der Waals surface area contributed by atoms with Gasteiger partial charge in [0.05, 0.1) is 0 Å². The summed E-state index contributed by atoms with van der Waals surface area (Å²) >= 11 is 4.62. The Morgan fingerprint density at radius 1 is 1.55 bits per heavy atom. The summed E-state index contributed by atoms with van der Waals surface area (Å²) in [5.74, 6) is 0.743. The highest BCUT2D eigenvalue weighted by molar-refractivity contribution is 7.81. The second-order valence-electron chi connectivity index (χ2n) is 4.13. The molecule has 1 rings (SSSR count). The Bertz CT molecular complexity index is 136. The van der Waals surface area contributed by atoms with Crippen LogP contribution in [0.2, 0.25) is 0 Å². The van der Waals surface area contributed by atoms with Crippen LogP contribution in [0.25, 0.3) is 0 Å². The second-order valence-corrected chi connectivity index (χ2v) is 4.75. The Kier molecular flexibility index (Phi) is 2.87. The van der Waals surface area contributed by atoms with Gasteiger partial charge in [0, 0.05) is 11.8 Å². The van der Waals surface area contributed by atoms with E-state index in [1.807, 2.05) is 0 Å². The van der Waals surface area contributed by atoms with Gasteiger partial charge in [0.15, 0.2) is 0 Å². The SMILES string of the molecule is CC(C)[C@]1(C)CCNCC1S. The van der Waals surface area contributed by atoms with E-state index in [0.29, 0.717) is 10.7 Å². The number of hydrogen-bond acceptors (Lipinski definition) is 2. The maximum Gasteiger partial charge on any atom is 0.0198 e. The van der Waals surface area contributed by atoms with E-state index in [1.165, 1.54) is 6.42 Å². The molecule has 1 aliphatic heterocycles. The van der Waals surface area contributed by atoms with Gasteiger partial charge >= 0.3 is 0 Å². The van der Waals surface area contributed by atoms with E-state index >= 15 is 0 Å². The molecule has 1 N–H and O–H groups in total. The molecule has 1 nitrogen and oxygen atoms in total. The summed E-state index contributed by atoms with van der Waals surface area (Å²) in [5, 5.41) is 3.89. The minimum atomic E-state index is 0.439. The molecule has 2 atom stereocenters. The molecule has 1 saturated heterocycles. The monoisotopic (exact) mass is 173 g/mol. The van der Waals surface area contributed by atoms with Crippen LogP contribution in [-0.2, 0) is 0 Å². The van der Waals surface area contributed by atoms with Gasteiger partial charge in [-0.05, 0) is 24.3 Å². The lowest BCUT2D eigenvalue weighted by molar-refractivity contribution is 0.164. The fraction of sp³-hybridized carbons (Fsp3) is 1.00. The largest absolute Gasteiger partial charge is 0.316 e. The average molecular weight is 173 g/mol. The van der Waals surface area contributed by atoms with Gasteiger partial charge in [0.1, 0.15) is 0 Å². The molecule has 66 valence electrons. The van der Waals surface area contributed by atoms with Crippen molar-refractivity contribution in [1.29, 1.82) is 0 Å². The lowest BCUT2D eigenvalue weighted by Gasteiger charge is -2.42. The zero-order valence-corrected chi connectivity index (χ0v) is 8.62. The maximum atomic E-state index is 4.62. The number of thiol groups is 1. The molecule has 0 aromatic heterocycles. The molecule has 0 saturated carbocycles. The van der Waals surface area contributed by atoms with Gasteiger partial charge in [0.25, 0.3) is 0 Å². The van der Waals surface area contributed by atoms with Crippen LogP contribution in [-0.4, -0.2) is 18.3 Å². The van der Waals surface area contributed by atoms with E-state index in [9.17, 15) is 0 Å². The first kappa shape index (κ1) is 9.40. The van der Waals surface area contributed by atoms with Crippen LogP contribution in [0.5, 0.6) is 0 Å². The Morgan fingerprint density at radius 2 is 2.18 bits per heavy atom. The van der Waals surface area contributed by atoms with E-state index in [0.717, 1.165) is 19.0 Å². The molecule has 1 fully saturated rings. The van der Waals surface area contributed by atoms with Gasteiger partial charge in [0.2, 0.25) is 0 Å². The van der Waals surface area contributed by atoms with Crippen molar-refractivity contribution in [3.05, 3.63) is 0 Å². The molecule has 0 bridgehead atoms. The molecule has 0 aliphatic carbocycles. The van der Waals surface area contributed by atoms with Crippen LogP contribution in [0, 0.1) is 11.3 Å². The molecular weight excluding hydrogens is 154 g/mol. The molecule has 0 radical (unpaired) electrons. The predicted octanol–water partition coefficient (Wildman–Crippen LogP) is 1.94. The predicted molar refractivity (Wildman–Crippen MR) is 53.2 cm³/mol. The Hall–Kier alpha value is 0.310. The molecule has 0 spiro atoms. The topological polar surface area (TPSA) is 12.0 Å². The maximum absolute atomic E-state index is 4.62. The summed E-state index contributed by atoms with van der Waals surface area (Å²) in [5.41, 5.74) is 0.439. The highest BCUT2D eigenvalue weighted by Gasteiger charge is 2.36. The summed E-state index contributed by atoms with van der Waals surface area (Å²) in [6, 6.07) is 0. The van der Waals surface area contributed by atoms with E-state index in [-0.39, 0.29) is 0 Å². The number of piperidine rings is 1. The summed E-state index contributed by atoms with van der Waals surface area (Å²) in [6.45, 7) is 9.18. The molecule has 0 aromatic carbocycles. The third kappa shape index (κ3) is 1.73. The first-order chi connectivity index (χ1) is 5.07. The highest BCUT2D eigenvalue weighted by atomic mass is 32.1. The van der Waals surface area contributed by atoms with Crippen LogP contribution >= 0.6 is 12.6 Å². The van der Waals surface area contributed by atoms with Crippen LogP contribution in [0.4, 0.5) is 0 Å². The minimum absolute atomic E-state index is 0.439. The number of rotatable bonds is 1. The Labute approximate surface area is 75.4 Å². The minimum Gasteiger partial charge on any atom is -0.316 e. The van der Waals surface area contributed by atoms with Crippen molar-refractivity contribution in [2.75, 3.05) is 13.1 Å². The third-order valence-corrected chi connectivity index (χ3v) is 4.03. The van der Waals surface area contributed by atoms with Crippen molar-refractivity contribution in [1.82, 2.24) is 5.32 Å². The van der Waals surface area contributed by atoms with Crippen LogP contribution in [0.1, 0.15) is 27.2 Å². The smallest absolute Gasteiger partial charge is 0.0198 e. The lowest BCUT2D eigenvalue weighted by Crippen LogP contribution is -2.47. The molecule has 0 amide bonds. The van der Waals surface area contributed by atoms with Gasteiger partial charge in [-0.15, -0.1) is 0 Å². The van der Waals surface area contributed by atoms with Gasteiger partial charge in [-0.2, -0.15) is 12.6 Å². The van der Waals surface area contributed by atoms with Gasteiger partial charge in [-0.25, -0.2) is 0 Å². The lowest BCUT2D eigenvalue weighted by atomic mass is 9.72. The van der Waals surface area contributed by atoms with E-state index in [1.54, 1.807) is 0 Å². The summed E-state index contributed by atoms with van der Waals surface area (Å²) < 4.78 is 0. The summed E-state index contributed by atoms with van der Waals surface area (Å²) in [7, 11) is 0. The molecule has 1 unspecified atom stereocenters. The first-order valence-electron chi connectivity index (χ1n) is 4.46. The van der Waals surface area contributed by atoms with E-state index < -0.39 is 0 Å². The molecule has 1 heterocycles. The third-order valence-electron chi connectivity index (χ3n) is 3.26.